The highest BCUT2D eigenvalue weighted by molar-refractivity contribution is 6.28. The summed E-state index contributed by atoms with van der Waals surface area (Å²) in [5.41, 5.74) is 0. The van der Waals surface area contributed by atoms with Crippen LogP contribution < -0.4 is 10.2 Å². The van der Waals surface area contributed by atoms with Crippen LogP contribution in [0.1, 0.15) is 26.2 Å². The van der Waals surface area contributed by atoms with Crippen molar-refractivity contribution in [3.8, 4) is 0 Å². The molecule has 1 aromatic rings. The summed E-state index contributed by atoms with van der Waals surface area (Å²) in [6.07, 6.45) is 3.96. The fourth-order valence-electron chi connectivity index (χ4n) is 2.40. The van der Waals surface area contributed by atoms with Crippen LogP contribution in [-0.4, -0.2) is 59.6 Å². The zero-order valence-electron chi connectivity index (χ0n) is 12.4. The number of nitrogens with zero attached hydrogens (tertiary/aromatic N) is 5. The minimum Gasteiger partial charge on any atom is -0.350 e. The second-order valence-corrected chi connectivity index (χ2v) is 5.87. The van der Waals surface area contributed by atoms with Crippen LogP contribution >= 0.6 is 11.6 Å². The van der Waals surface area contributed by atoms with Gasteiger partial charge in [-0.1, -0.05) is 6.42 Å². The highest BCUT2D eigenvalue weighted by Gasteiger charge is 2.15. The first-order valence-electron chi connectivity index (χ1n) is 7.12. The molecule has 112 valence electrons. The van der Waals surface area contributed by atoms with E-state index in [1.165, 1.54) is 32.4 Å². The molecule has 0 amide bonds. The first-order valence-corrected chi connectivity index (χ1v) is 7.50. The Labute approximate surface area is 125 Å². The summed E-state index contributed by atoms with van der Waals surface area (Å²) in [6.45, 7) is 5.52. The van der Waals surface area contributed by atoms with E-state index in [0.29, 0.717) is 11.9 Å². The molecule has 0 aliphatic carbocycles. The first kappa shape index (κ1) is 15.3. The summed E-state index contributed by atoms with van der Waals surface area (Å²) in [7, 11) is 3.76. The number of rotatable bonds is 5. The Bertz CT molecular complexity index is 433. The number of aromatic nitrogens is 3. The van der Waals surface area contributed by atoms with Crippen LogP contribution in [0, 0.1) is 0 Å². The van der Waals surface area contributed by atoms with E-state index < -0.39 is 0 Å². The number of nitrogens with one attached hydrogen (secondary N) is 1. The maximum absolute atomic E-state index is 5.93. The van der Waals surface area contributed by atoms with Crippen LogP contribution in [0.3, 0.4) is 0 Å². The zero-order chi connectivity index (χ0) is 14.5. The molecule has 1 N–H and O–H groups in total. The lowest BCUT2D eigenvalue weighted by molar-refractivity contribution is 0.223. The molecular weight excluding hydrogens is 276 g/mol. The molecule has 20 heavy (non-hydrogen) atoms. The number of likely N-dealkylation sites (tertiary alicyclic amines) is 1. The third kappa shape index (κ3) is 4.45. The number of anilines is 2. The maximum atomic E-state index is 5.93. The molecular formula is C13H23ClN6. The lowest BCUT2D eigenvalue weighted by Crippen LogP contribution is -2.38. The molecule has 1 unspecified atom stereocenters. The topological polar surface area (TPSA) is 57.2 Å². The molecule has 1 saturated heterocycles. The van der Waals surface area contributed by atoms with E-state index in [4.69, 9.17) is 11.6 Å². The van der Waals surface area contributed by atoms with E-state index in [1.807, 2.05) is 19.0 Å². The van der Waals surface area contributed by atoms with Crippen LogP contribution in [0.15, 0.2) is 0 Å². The van der Waals surface area contributed by atoms with Crippen molar-refractivity contribution in [2.75, 3.05) is 43.9 Å². The zero-order valence-corrected chi connectivity index (χ0v) is 13.2. The molecule has 2 rings (SSSR count). The van der Waals surface area contributed by atoms with E-state index >= 15 is 0 Å². The maximum Gasteiger partial charge on any atom is 0.230 e. The Kier molecular flexibility index (Phi) is 5.37. The van der Waals surface area contributed by atoms with E-state index in [1.54, 1.807) is 0 Å². The Morgan fingerprint density at radius 1 is 1.20 bits per heavy atom. The third-order valence-electron chi connectivity index (χ3n) is 3.35. The Morgan fingerprint density at radius 2 is 1.90 bits per heavy atom. The average molecular weight is 299 g/mol. The number of piperidine rings is 1. The minimum atomic E-state index is 0.219. The quantitative estimate of drug-likeness (QED) is 0.896. The highest BCUT2D eigenvalue weighted by atomic mass is 35.5. The number of hydrogen-bond donors (Lipinski definition) is 1. The molecule has 1 atom stereocenters. The van der Waals surface area contributed by atoms with Crippen molar-refractivity contribution in [3.63, 3.8) is 0 Å². The monoisotopic (exact) mass is 298 g/mol. The van der Waals surface area contributed by atoms with Crippen LogP contribution in [0.2, 0.25) is 5.28 Å². The van der Waals surface area contributed by atoms with E-state index in [-0.39, 0.29) is 11.3 Å². The van der Waals surface area contributed by atoms with Gasteiger partial charge in [0, 0.05) is 26.7 Å². The predicted octanol–water partition coefficient (Wildman–Crippen LogP) is 1.88. The van der Waals surface area contributed by atoms with Crippen LogP contribution in [0.4, 0.5) is 11.9 Å². The fraction of sp³-hybridized carbons (Fsp3) is 0.769. The van der Waals surface area contributed by atoms with Gasteiger partial charge in [-0.2, -0.15) is 15.0 Å². The summed E-state index contributed by atoms with van der Waals surface area (Å²) >= 11 is 5.93. The summed E-state index contributed by atoms with van der Waals surface area (Å²) < 4.78 is 0. The van der Waals surface area contributed by atoms with Gasteiger partial charge in [0.2, 0.25) is 17.2 Å². The summed E-state index contributed by atoms with van der Waals surface area (Å²) in [4.78, 5) is 16.9. The second-order valence-electron chi connectivity index (χ2n) is 5.53. The summed E-state index contributed by atoms with van der Waals surface area (Å²) in [5.74, 6) is 1.11. The van der Waals surface area contributed by atoms with Crippen molar-refractivity contribution in [1.29, 1.82) is 0 Å². The smallest absolute Gasteiger partial charge is 0.230 e. The molecule has 1 aromatic heterocycles. The molecule has 1 aliphatic rings. The summed E-state index contributed by atoms with van der Waals surface area (Å²) in [6, 6.07) is 0.279. The average Bonchev–Trinajstić information content (AvgIpc) is 2.38. The largest absolute Gasteiger partial charge is 0.350 e. The lowest BCUT2D eigenvalue weighted by Gasteiger charge is -2.29. The molecule has 1 fully saturated rings. The fourth-order valence-corrected chi connectivity index (χ4v) is 2.56. The van der Waals surface area contributed by atoms with Crippen molar-refractivity contribution in [3.05, 3.63) is 5.28 Å². The van der Waals surface area contributed by atoms with Crippen molar-refractivity contribution < 1.29 is 0 Å². The Morgan fingerprint density at radius 3 is 2.55 bits per heavy atom. The molecule has 2 heterocycles. The van der Waals surface area contributed by atoms with Gasteiger partial charge in [0.15, 0.2) is 0 Å². The van der Waals surface area contributed by atoms with Gasteiger partial charge in [0.1, 0.15) is 0 Å². The minimum absolute atomic E-state index is 0.219. The van der Waals surface area contributed by atoms with Gasteiger partial charge in [0.05, 0.1) is 0 Å². The van der Waals surface area contributed by atoms with Gasteiger partial charge in [-0.25, -0.2) is 0 Å². The highest BCUT2D eigenvalue weighted by Crippen LogP contribution is 2.13. The van der Waals surface area contributed by atoms with Crippen molar-refractivity contribution in [1.82, 2.24) is 19.9 Å². The number of hydrogen-bond acceptors (Lipinski definition) is 6. The van der Waals surface area contributed by atoms with Crippen molar-refractivity contribution in [2.24, 2.45) is 0 Å². The molecule has 0 bridgehead atoms. The SMILES string of the molecule is CC(CN1CCCCC1)Nc1nc(Cl)nc(N(C)C)n1. The normalized spacial score (nSPS) is 17.8. The molecule has 0 aromatic carbocycles. The first-order chi connectivity index (χ1) is 9.54. The predicted molar refractivity (Wildman–Crippen MR) is 82.5 cm³/mol. The van der Waals surface area contributed by atoms with Gasteiger partial charge in [0.25, 0.3) is 0 Å². The Hall–Kier alpha value is -1.14. The van der Waals surface area contributed by atoms with Crippen LogP contribution in [0.5, 0.6) is 0 Å². The van der Waals surface area contributed by atoms with Crippen LogP contribution in [0.25, 0.3) is 0 Å². The van der Waals surface area contributed by atoms with E-state index in [0.717, 1.165) is 6.54 Å². The molecule has 6 nitrogen and oxygen atoms in total. The van der Waals surface area contributed by atoms with Gasteiger partial charge < -0.3 is 15.1 Å². The van der Waals surface area contributed by atoms with E-state index in [2.05, 4.69) is 32.1 Å². The van der Waals surface area contributed by atoms with Gasteiger partial charge in [-0.15, -0.1) is 0 Å². The second kappa shape index (κ2) is 7.04. The van der Waals surface area contributed by atoms with Gasteiger partial charge in [-0.05, 0) is 44.5 Å². The Balaban J connectivity index is 1.94. The summed E-state index contributed by atoms with van der Waals surface area (Å²) in [5, 5.41) is 3.53. The van der Waals surface area contributed by atoms with Crippen LogP contribution in [-0.2, 0) is 0 Å². The third-order valence-corrected chi connectivity index (χ3v) is 3.52. The van der Waals surface area contributed by atoms with Gasteiger partial charge >= 0.3 is 0 Å². The molecule has 0 saturated carbocycles. The van der Waals surface area contributed by atoms with Crippen molar-refractivity contribution >= 4 is 23.5 Å². The van der Waals surface area contributed by atoms with Gasteiger partial charge in [-0.3, -0.25) is 0 Å². The molecule has 0 spiro atoms. The number of halogens is 1. The molecule has 1 aliphatic heterocycles. The molecule has 7 heteroatoms. The lowest BCUT2D eigenvalue weighted by atomic mass is 10.1. The molecule has 0 radical (unpaired) electrons. The standard InChI is InChI=1S/C13H23ClN6/c1-10(9-20-7-5-4-6-8-20)15-12-16-11(14)17-13(18-12)19(2)3/h10H,4-9H2,1-3H3,(H,15,16,17,18). The van der Waals surface area contributed by atoms with Crippen molar-refractivity contribution in [2.45, 2.75) is 32.2 Å². The van der Waals surface area contributed by atoms with E-state index in [9.17, 15) is 0 Å².